The van der Waals surface area contributed by atoms with E-state index in [2.05, 4.69) is 15.7 Å². The molecule has 0 bridgehead atoms. The minimum atomic E-state index is -0.351. The predicted molar refractivity (Wildman–Crippen MR) is 106 cm³/mol. The van der Waals surface area contributed by atoms with Crippen LogP contribution in [0.15, 0.2) is 54.9 Å². The van der Waals surface area contributed by atoms with Crippen LogP contribution in [0.5, 0.6) is 17.2 Å². The van der Waals surface area contributed by atoms with Crippen molar-refractivity contribution in [1.29, 1.82) is 0 Å². The van der Waals surface area contributed by atoms with Crippen molar-refractivity contribution in [2.75, 3.05) is 26.6 Å². The molecule has 0 saturated heterocycles. The van der Waals surface area contributed by atoms with Gasteiger partial charge >= 0.3 is 6.03 Å². The number of carbonyl (C=O) groups excluding carboxylic acids is 1. The number of urea groups is 1. The number of hydrogen-bond donors (Lipinski definition) is 2. The van der Waals surface area contributed by atoms with E-state index in [1.54, 1.807) is 31.2 Å². The van der Waals surface area contributed by atoms with Crippen molar-refractivity contribution in [1.82, 2.24) is 15.1 Å². The van der Waals surface area contributed by atoms with E-state index in [1.165, 1.54) is 7.11 Å². The molecule has 0 unspecified atom stereocenters. The van der Waals surface area contributed by atoms with Crippen molar-refractivity contribution in [3.8, 4) is 22.9 Å². The molecule has 2 aromatic carbocycles. The second-order valence-corrected chi connectivity index (χ2v) is 5.77. The maximum absolute atomic E-state index is 12.4. The number of methoxy groups -OCH3 is 3. The minimum absolute atomic E-state index is 0.249. The topological polar surface area (TPSA) is 86.6 Å². The van der Waals surface area contributed by atoms with Crippen LogP contribution in [0.4, 0.5) is 10.5 Å². The number of aromatic nitrogens is 2. The lowest BCUT2D eigenvalue weighted by Crippen LogP contribution is -2.28. The molecule has 0 aliphatic rings. The lowest BCUT2D eigenvalue weighted by molar-refractivity contribution is 0.251. The average Bonchev–Trinajstić information content (AvgIpc) is 3.26. The third-order valence-corrected chi connectivity index (χ3v) is 4.13. The summed E-state index contributed by atoms with van der Waals surface area (Å²) in [4.78, 5) is 12.4. The first kappa shape index (κ1) is 19.1. The zero-order valence-corrected chi connectivity index (χ0v) is 15.9. The predicted octanol–water partition coefficient (Wildman–Crippen LogP) is 3.22. The van der Waals surface area contributed by atoms with Crippen molar-refractivity contribution >= 4 is 11.7 Å². The summed E-state index contributed by atoms with van der Waals surface area (Å²) < 4.78 is 17.8. The number of nitrogens with zero attached hydrogens (tertiary/aromatic N) is 2. The van der Waals surface area contributed by atoms with Gasteiger partial charge < -0.3 is 24.8 Å². The fraction of sp³-hybridized carbons (Fsp3) is 0.200. The standard InChI is InChI=1S/C20H22N4O4/c1-26-17-10-9-14(18(27-2)19(17)28-3)13-21-20(25)23-15-7-4-5-8-16(15)24-12-6-11-22-24/h4-12H,13H2,1-3H3,(H2,21,23,25). The Morgan fingerprint density at radius 1 is 1.00 bits per heavy atom. The number of rotatable bonds is 7. The molecule has 28 heavy (non-hydrogen) atoms. The highest BCUT2D eigenvalue weighted by molar-refractivity contribution is 5.91. The van der Waals surface area contributed by atoms with Crippen LogP contribution in [-0.2, 0) is 6.54 Å². The van der Waals surface area contributed by atoms with Crippen LogP contribution in [0.1, 0.15) is 5.56 Å². The number of anilines is 1. The van der Waals surface area contributed by atoms with Crippen molar-refractivity contribution in [2.24, 2.45) is 0 Å². The monoisotopic (exact) mass is 382 g/mol. The number of ether oxygens (including phenoxy) is 3. The molecule has 1 aromatic heterocycles. The van der Waals surface area contributed by atoms with E-state index in [0.717, 1.165) is 11.3 Å². The molecule has 2 amide bonds. The summed E-state index contributed by atoms with van der Waals surface area (Å²) in [6, 6.07) is 12.5. The van der Waals surface area contributed by atoms with Gasteiger partial charge in [0.15, 0.2) is 11.5 Å². The first-order valence-corrected chi connectivity index (χ1v) is 8.59. The Morgan fingerprint density at radius 3 is 2.46 bits per heavy atom. The Kier molecular flexibility index (Phi) is 6.01. The van der Waals surface area contributed by atoms with Crippen LogP contribution in [0.3, 0.4) is 0 Å². The van der Waals surface area contributed by atoms with E-state index < -0.39 is 0 Å². The fourth-order valence-electron chi connectivity index (χ4n) is 2.83. The fourth-order valence-corrected chi connectivity index (χ4v) is 2.83. The Labute approximate surface area is 163 Å². The highest BCUT2D eigenvalue weighted by Crippen LogP contribution is 2.39. The summed E-state index contributed by atoms with van der Waals surface area (Å²) in [6.45, 7) is 0.249. The first-order chi connectivity index (χ1) is 13.7. The van der Waals surface area contributed by atoms with Gasteiger partial charge in [0, 0.05) is 24.5 Å². The molecule has 0 saturated carbocycles. The van der Waals surface area contributed by atoms with Gasteiger partial charge in [-0.25, -0.2) is 9.48 Å². The molecular weight excluding hydrogens is 360 g/mol. The highest BCUT2D eigenvalue weighted by atomic mass is 16.5. The Morgan fingerprint density at radius 2 is 1.79 bits per heavy atom. The maximum Gasteiger partial charge on any atom is 0.319 e. The van der Waals surface area contributed by atoms with Crippen molar-refractivity contribution in [3.63, 3.8) is 0 Å². The first-order valence-electron chi connectivity index (χ1n) is 8.59. The molecule has 146 valence electrons. The van der Waals surface area contributed by atoms with Crippen LogP contribution in [0, 0.1) is 0 Å². The van der Waals surface area contributed by atoms with E-state index in [4.69, 9.17) is 14.2 Å². The van der Waals surface area contributed by atoms with Crippen LogP contribution < -0.4 is 24.8 Å². The number of nitrogens with one attached hydrogen (secondary N) is 2. The number of amides is 2. The van der Waals surface area contributed by atoms with Crippen LogP contribution in [0.25, 0.3) is 5.69 Å². The molecule has 0 radical (unpaired) electrons. The zero-order valence-electron chi connectivity index (χ0n) is 15.9. The molecule has 0 spiro atoms. The van der Waals surface area contributed by atoms with E-state index >= 15 is 0 Å². The van der Waals surface area contributed by atoms with E-state index in [0.29, 0.717) is 22.9 Å². The highest BCUT2D eigenvalue weighted by Gasteiger charge is 2.16. The minimum Gasteiger partial charge on any atom is -0.493 e. The molecule has 3 rings (SSSR count). The second kappa shape index (κ2) is 8.81. The van der Waals surface area contributed by atoms with Gasteiger partial charge in [-0.05, 0) is 30.3 Å². The molecule has 8 nitrogen and oxygen atoms in total. The number of benzene rings is 2. The molecular formula is C20H22N4O4. The second-order valence-electron chi connectivity index (χ2n) is 5.77. The molecule has 0 aliphatic heterocycles. The molecule has 3 aromatic rings. The maximum atomic E-state index is 12.4. The third-order valence-electron chi connectivity index (χ3n) is 4.13. The average molecular weight is 382 g/mol. The van der Waals surface area contributed by atoms with Crippen molar-refractivity contribution in [2.45, 2.75) is 6.54 Å². The molecule has 8 heteroatoms. The van der Waals surface area contributed by atoms with Gasteiger partial charge in [0.2, 0.25) is 5.75 Å². The van der Waals surface area contributed by atoms with Crippen LogP contribution in [-0.4, -0.2) is 37.1 Å². The Bertz CT molecular complexity index is 941. The Balaban J connectivity index is 1.72. The van der Waals surface area contributed by atoms with Gasteiger partial charge in [0.1, 0.15) is 0 Å². The van der Waals surface area contributed by atoms with Gasteiger partial charge in [-0.3, -0.25) is 0 Å². The molecule has 0 fully saturated rings. The number of hydrogen-bond acceptors (Lipinski definition) is 5. The summed E-state index contributed by atoms with van der Waals surface area (Å²) >= 11 is 0. The van der Waals surface area contributed by atoms with Gasteiger partial charge in [-0.15, -0.1) is 0 Å². The normalized spacial score (nSPS) is 10.2. The van der Waals surface area contributed by atoms with Crippen LogP contribution >= 0.6 is 0 Å². The SMILES string of the molecule is COc1ccc(CNC(=O)Nc2ccccc2-n2cccn2)c(OC)c1OC. The largest absolute Gasteiger partial charge is 0.493 e. The summed E-state index contributed by atoms with van der Waals surface area (Å²) in [5, 5.41) is 9.89. The smallest absolute Gasteiger partial charge is 0.319 e. The van der Waals surface area contributed by atoms with Gasteiger partial charge in [-0.2, -0.15) is 5.10 Å². The summed E-state index contributed by atoms with van der Waals surface area (Å²) in [7, 11) is 4.64. The lowest BCUT2D eigenvalue weighted by atomic mass is 10.1. The van der Waals surface area contributed by atoms with Gasteiger partial charge in [0.05, 0.1) is 32.7 Å². The number of para-hydroxylation sites is 2. The molecule has 0 atom stereocenters. The zero-order chi connectivity index (χ0) is 19.9. The molecule has 0 aliphatic carbocycles. The van der Waals surface area contributed by atoms with E-state index in [9.17, 15) is 4.79 Å². The summed E-state index contributed by atoms with van der Waals surface area (Å²) in [5.74, 6) is 1.55. The van der Waals surface area contributed by atoms with Crippen molar-refractivity contribution in [3.05, 3.63) is 60.4 Å². The van der Waals surface area contributed by atoms with E-state index in [1.807, 2.05) is 42.6 Å². The quantitative estimate of drug-likeness (QED) is 0.655. The number of carbonyl (C=O) groups is 1. The molecule has 2 N–H and O–H groups in total. The lowest BCUT2D eigenvalue weighted by Gasteiger charge is -2.16. The van der Waals surface area contributed by atoms with E-state index in [-0.39, 0.29) is 12.6 Å². The Hall–Kier alpha value is -3.68. The summed E-state index contributed by atoms with van der Waals surface area (Å²) in [5.41, 5.74) is 2.17. The summed E-state index contributed by atoms with van der Waals surface area (Å²) in [6.07, 6.45) is 3.49. The van der Waals surface area contributed by atoms with Gasteiger partial charge in [0.25, 0.3) is 0 Å². The van der Waals surface area contributed by atoms with Gasteiger partial charge in [-0.1, -0.05) is 12.1 Å². The molecule has 1 heterocycles. The van der Waals surface area contributed by atoms with Crippen LogP contribution in [0.2, 0.25) is 0 Å². The van der Waals surface area contributed by atoms with Crippen molar-refractivity contribution < 1.29 is 19.0 Å². The third kappa shape index (κ3) is 4.01.